The van der Waals surface area contributed by atoms with Crippen molar-refractivity contribution in [3.63, 3.8) is 0 Å². The minimum Gasteiger partial charge on any atom is -0.379 e. The number of aromatic amines is 1. The molecule has 0 saturated carbocycles. The van der Waals surface area contributed by atoms with Crippen molar-refractivity contribution in [1.82, 2.24) is 15.2 Å². The molecule has 2 aliphatic rings. The third kappa shape index (κ3) is 4.00. The summed E-state index contributed by atoms with van der Waals surface area (Å²) in [6.45, 7) is 6.82. The van der Waals surface area contributed by atoms with E-state index in [-0.39, 0.29) is 17.0 Å². The van der Waals surface area contributed by atoms with Crippen LogP contribution in [0.2, 0.25) is 0 Å². The smallest absolute Gasteiger partial charge is 0.261 e. The third-order valence-corrected chi connectivity index (χ3v) is 4.73. The molecule has 23 heavy (non-hydrogen) atoms. The number of carbonyl (C=O) groups is 1. The van der Waals surface area contributed by atoms with Gasteiger partial charge < -0.3 is 15.0 Å². The number of amides is 1. The van der Waals surface area contributed by atoms with Crippen molar-refractivity contribution in [2.24, 2.45) is 5.92 Å². The molecule has 6 heteroatoms. The molecule has 0 bridgehead atoms. The van der Waals surface area contributed by atoms with Gasteiger partial charge in [-0.25, -0.2) is 0 Å². The average molecular weight is 319 g/mol. The molecule has 1 aromatic rings. The van der Waals surface area contributed by atoms with Crippen molar-refractivity contribution in [2.75, 3.05) is 39.4 Å². The van der Waals surface area contributed by atoms with Crippen LogP contribution >= 0.6 is 0 Å². The van der Waals surface area contributed by atoms with Crippen molar-refractivity contribution >= 4 is 5.91 Å². The first-order chi connectivity index (χ1) is 11.1. The molecule has 126 valence electrons. The van der Waals surface area contributed by atoms with E-state index in [1.165, 1.54) is 0 Å². The Labute approximate surface area is 136 Å². The molecule has 2 heterocycles. The number of ether oxygens (including phenoxy) is 1. The first kappa shape index (κ1) is 16.2. The number of fused-ring (bicyclic) bond motifs is 1. The summed E-state index contributed by atoms with van der Waals surface area (Å²) in [7, 11) is 0. The Morgan fingerprint density at radius 3 is 3.00 bits per heavy atom. The minimum absolute atomic E-state index is 0.236. The van der Waals surface area contributed by atoms with Crippen LogP contribution in [-0.4, -0.2) is 55.2 Å². The van der Waals surface area contributed by atoms with Crippen LogP contribution in [0.15, 0.2) is 10.9 Å². The topological polar surface area (TPSA) is 74.4 Å². The van der Waals surface area contributed by atoms with E-state index < -0.39 is 0 Å². The molecule has 1 aliphatic carbocycles. The summed E-state index contributed by atoms with van der Waals surface area (Å²) in [4.78, 5) is 29.6. The first-order valence-electron chi connectivity index (χ1n) is 8.47. The number of rotatable bonds is 4. The number of carbonyl (C=O) groups excluding carboxylic acids is 1. The number of hydrogen-bond acceptors (Lipinski definition) is 4. The standard InChI is InChI=1S/C17H25N3O3/c1-12-2-3-15-13(10-12)11-14(17(22)19-15)16(21)18-4-5-20-6-8-23-9-7-20/h11-12H,2-10H2,1H3,(H,18,21)(H,19,22). The van der Waals surface area contributed by atoms with Crippen LogP contribution in [0.1, 0.15) is 35.0 Å². The normalized spacial score (nSPS) is 21.7. The number of H-pyrrole nitrogens is 1. The third-order valence-electron chi connectivity index (χ3n) is 4.73. The Bertz CT molecular complexity index is 620. The molecule has 6 nitrogen and oxygen atoms in total. The maximum absolute atomic E-state index is 12.3. The van der Waals surface area contributed by atoms with Gasteiger partial charge in [-0.1, -0.05) is 6.92 Å². The van der Waals surface area contributed by atoms with Gasteiger partial charge in [0.1, 0.15) is 5.56 Å². The summed E-state index contributed by atoms with van der Waals surface area (Å²) in [5, 5.41) is 2.86. The molecule has 2 N–H and O–H groups in total. The van der Waals surface area contributed by atoms with Crippen molar-refractivity contribution in [3.05, 3.63) is 33.2 Å². The number of pyridine rings is 1. The Kier molecular flexibility index (Phi) is 5.13. The fourth-order valence-corrected chi connectivity index (χ4v) is 3.30. The van der Waals surface area contributed by atoms with E-state index in [1.807, 2.05) is 0 Å². The molecule has 1 atom stereocenters. The monoisotopic (exact) mass is 319 g/mol. The van der Waals surface area contributed by atoms with Gasteiger partial charge in [-0.15, -0.1) is 0 Å². The molecule has 0 radical (unpaired) electrons. The minimum atomic E-state index is -0.277. The summed E-state index contributed by atoms with van der Waals surface area (Å²) in [6.07, 6.45) is 2.92. The van der Waals surface area contributed by atoms with Crippen LogP contribution < -0.4 is 10.9 Å². The van der Waals surface area contributed by atoms with Crippen LogP contribution in [0.3, 0.4) is 0 Å². The van der Waals surface area contributed by atoms with Crippen molar-refractivity contribution in [2.45, 2.75) is 26.2 Å². The second-order valence-electron chi connectivity index (χ2n) is 6.57. The number of hydrogen-bond donors (Lipinski definition) is 2. The SMILES string of the molecule is CC1CCc2[nH]c(=O)c(C(=O)NCCN3CCOCC3)cc2C1. The Morgan fingerprint density at radius 1 is 1.43 bits per heavy atom. The molecule has 0 aromatic carbocycles. The molecule has 1 unspecified atom stereocenters. The Hall–Kier alpha value is -1.66. The van der Waals surface area contributed by atoms with Crippen molar-refractivity contribution in [1.29, 1.82) is 0 Å². The molecule has 1 fully saturated rings. The summed E-state index contributed by atoms with van der Waals surface area (Å²) in [5.74, 6) is 0.325. The number of morpholine rings is 1. The summed E-state index contributed by atoms with van der Waals surface area (Å²) in [6, 6.07) is 1.79. The van der Waals surface area contributed by atoms with E-state index in [9.17, 15) is 9.59 Å². The number of aryl methyl sites for hydroxylation is 1. The average Bonchev–Trinajstić information content (AvgIpc) is 2.55. The highest BCUT2D eigenvalue weighted by atomic mass is 16.5. The van der Waals surface area contributed by atoms with Gasteiger partial charge in [0.15, 0.2) is 0 Å². The zero-order valence-corrected chi connectivity index (χ0v) is 13.7. The Balaban J connectivity index is 1.60. The van der Waals surface area contributed by atoms with Gasteiger partial charge in [0.25, 0.3) is 11.5 Å². The fourth-order valence-electron chi connectivity index (χ4n) is 3.30. The number of nitrogens with zero attached hydrogens (tertiary/aromatic N) is 1. The van der Waals surface area contributed by atoms with Crippen LogP contribution in [0.4, 0.5) is 0 Å². The van der Waals surface area contributed by atoms with Gasteiger partial charge >= 0.3 is 0 Å². The Morgan fingerprint density at radius 2 is 2.22 bits per heavy atom. The predicted octanol–water partition coefficient (Wildman–Crippen LogP) is 0.562. The summed E-state index contributed by atoms with van der Waals surface area (Å²) in [5.41, 5.74) is 2.07. The highest BCUT2D eigenvalue weighted by Gasteiger charge is 2.20. The van der Waals surface area contributed by atoms with Crippen molar-refractivity contribution in [3.8, 4) is 0 Å². The van der Waals surface area contributed by atoms with Crippen LogP contribution in [0, 0.1) is 5.92 Å². The second kappa shape index (κ2) is 7.27. The zero-order chi connectivity index (χ0) is 16.2. The van der Waals surface area contributed by atoms with E-state index in [4.69, 9.17) is 4.74 Å². The maximum Gasteiger partial charge on any atom is 0.261 e. The van der Waals surface area contributed by atoms with Gasteiger partial charge in [0.2, 0.25) is 0 Å². The summed E-state index contributed by atoms with van der Waals surface area (Å²) >= 11 is 0. The van der Waals surface area contributed by atoms with E-state index in [1.54, 1.807) is 6.07 Å². The maximum atomic E-state index is 12.3. The van der Waals surface area contributed by atoms with Gasteiger partial charge in [0.05, 0.1) is 13.2 Å². The number of nitrogens with one attached hydrogen (secondary N) is 2. The van der Waals surface area contributed by atoms with Gasteiger partial charge in [-0.2, -0.15) is 0 Å². The zero-order valence-electron chi connectivity index (χ0n) is 13.7. The lowest BCUT2D eigenvalue weighted by Crippen LogP contribution is -2.42. The van der Waals surface area contributed by atoms with E-state index >= 15 is 0 Å². The molecule has 1 saturated heterocycles. The molecular formula is C17H25N3O3. The molecular weight excluding hydrogens is 294 g/mol. The second-order valence-corrected chi connectivity index (χ2v) is 6.57. The largest absolute Gasteiger partial charge is 0.379 e. The number of aromatic nitrogens is 1. The van der Waals surface area contributed by atoms with Crippen LogP contribution in [0.25, 0.3) is 0 Å². The summed E-state index contributed by atoms with van der Waals surface area (Å²) < 4.78 is 5.30. The van der Waals surface area contributed by atoms with Crippen molar-refractivity contribution < 1.29 is 9.53 Å². The highest BCUT2D eigenvalue weighted by Crippen LogP contribution is 2.23. The highest BCUT2D eigenvalue weighted by molar-refractivity contribution is 5.94. The van der Waals surface area contributed by atoms with Crippen LogP contribution in [0.5, 0.6) is 0 Å². The van der Waals surface area contributed by atoms with E-state index in [0.29, 0.717) is 12.5 Å². The van der Waals surface area contributed by atoms with E-state index in [0.717, 1.165) is 63.4 Å². The van der Waals surface area contributed by atoms with Crippen LogP contribution in [-0.2, 0) is 17.6 Å². The molecule has 1 aliphatic heterocycles. The fraction of sp³-hybridized carbons (Fsp3) is 0.647. The quantitative estimate of drug-likeness (QED) is 0.850. The first-order valence-corrected chi connectivity index (χ1v) is 8.47. The lowest BCUT2D eigenvalue weighted by molar-refractivity contribution is 0.0383. The predicted molar refractivity (Wildman–Crippen MR) is 87.8 cm³/mol. The molecule has 1 aromatic heterocycles. The van der Waals surface area contributed by atoms with Gasteiger partial charge in [0, 0.05) is 31.9 Å². The van der Waals surface area contributed by atoms with Gasteiger partial charge in [-0.05, 0) is 36.8 Å². The lowest BCUT2D eigenvalue weighted by Gasteiger charge is -2.26. The van der Waals surface area contributed by atoms with E-state index in [2.05, 4.69) is 22.1 Å². The molecule has 3 rings (SSSR count). The molecule has 0 spiro atoms. The molecule has 1 amide bonds. The lowest BCUT2D eigenvalue weighted by atomic mass is 9.87. The van der Waals surface area contributed by atoms with Gasteiger partial charge in [-0.3, -0.25) is 14.5 Å².